The minimum Gasteiger partial charge on any atom is -0.315 e. The van der Waals surface area contributed by atoms with Gasteiger partial charge in [0.2, 0.25) is 0 Å². The van der Waals surface area contributed by atoms with Crippen molar-refractivity contribution in [1.29, 1.82) is 0 Å². The highest BCUT2D eigenvalue weighted by molar-refractivity contribution is 5.01. The minimum atomic E-state index is -0.697. The van der Waals surface area contributed by atoms with E-state index in [0.717, 1.165) is 25.6 Å². The summed E-state index contributed by atoms with van der Waals surface area (Å²) in [5.74, 6) is 0.731. The fourth-order valence-electron chi connectivity index (χ4n) is 3.36. The lowest BCUT2D eigenvalue weighted by atomic mass is 9.82. The monoisotopic (exact) mass is 214 g/mol. The van der Waals surface area contributed by atoms with Crippen molar-refractivity contribution < 1.29 is 4.39 Å². The second-order valence-electron chi connectivity index (χ2n) is 5.49. The van der Waals surface area contributed by atoms with Gasteiger partial charge in [0.05, 0.1) is 0 Å². The summed E-state index contributed by atoms with van der Waals surface area (Å²) in [6.45, 7) is 7.86. The molecular weight excluding hydrogens is 191 g/mol. The summed E-state index contributed by atoms with van der Waals surface area (Å²) in [6, 6.07) is 0. The number of hydrogen-bond acceptors (Lipinski definition) is 2. The Morgan fingerprint density at radius 2 is 2.40 bits per heavy atom. The molecule has 2 heterocycles. The lowest BCUT2D eigenvalue weighted by Gasteiger charge is -2.44. The van der Waals surface area contributed by atoms with Crippen LogP contribution in [0.1, 0.15) is 33.1 Å². The van der Waals surface area contributed by atoms with E-state index in [1.54, 1.807) is 6.92 Å². The lowest BCUT2D eigenvalue weighted by molar-refractivity contribution is 0.0646. The zero-order valence-corrected chi connectivity index (χ0v) is 9.93. The molecule has 3 unspecified atom stereocenters. The van der Waals surface area contributed by atoms with Crippen molar-refractivity contribution in [3.05, 3.63) is 0 Å². The zero-order valence-electron chi connectivity index (χ0n) is 9.93. The fourth-order valence-corrected chi connectivity index (χ4v) is 3.36. The number of alkyl halides is 1. The second-order valence-corrected chi connectivity index (χ2v) is 5.49. The average Bonchev–Trinajstić information content (AvgIpc) is 2.48. The zero-order chi connectivity index (χ0) is 10.9. The molecule has 0 radical (unpaired) electrons. The molecule has 0 amide bonds. The maximum absolute atomic E-state index is 13.1. The van der Waals surface area contributed by atoms with Gasteiger partial charge in [-0.25, -0.2) is 4.39 Å². The SMILES string of the molecule is CC(F)CN1CCCC12CNCC(C)C2. The topological polar surface area (TPSA) is 15.3 Å². The van der Waals surface area contributed by atoms with Crippen molar-refractivity contribution in [3.63, 3.8) is 0 Å². The highest BCUT2D eigenvalue weighted by Gasteiger charge is 2.43. The van der Waals surface area contributed by atoms with Crippen molar-refractivity contribution in [3.8, 4) is 0 Å². The van der Waals surface area contributed by atoms with Crippen LogP contribution in [0.15, 0.2) is 0 Å². The van der Waals surface area contributed by atoms with Gasteiger partial charge in [-0.2, -0.15) is 0 Å². The fraction of sp³-hybridized carbons (Fsp3) is 1.00. The largest absolute Gasteiger partial charge is 0.315 e. The first-order valence-corrected chi connectivity index (χ1v) is 6.22. The molecule has 15 heavy (non-hydrogen) atoms. The van der Waals surface area contributed by atoms with E-state index < -0.39 is 6.17 Å². The van der Waals surface area contributed by atoms with Crippen LogP contribution in [0.5, 0.6) is 0 Å². The van der Waals surface area contributed by atoms with Gasteiger partial charge in [0.1, 0.15) is 6.17 Å². The van der Waals surface area contributed by atoms with Crippen LogP contribution >= 0.6 is 0 Å². The van der Waals surface area contributed by atoms with Crippen LogP contribution in [0, 0.1) is 5.92 Å². The van der Waals surface area contributed by atoms with E-state index in [4.69, 9.17) is 0 Å². The Bertz CT molecular complexity index is 220. The first-order valence-electron chi connectivity index (χ1n) is 6.22. The maximum atomic E-state index is 13.1. The summed E-state index contributed by atoms with van der Waals surface area (Å²) in [5, 5.41) is 3.51. The number of likely N-dealkylation sites (tertiary alicyclic amines) is 1. The molecule has 2 saturated heterocycles. The van der Waals surface area contributed by atoms with Gasteiger partial charge < -0.3 is 5.32 Å². The van der Waals surface area contributed by atoms with E-state index in [1.807, 2.05) is 0 Å². The Morgan fingerprint density at radius 3 is 3.07 bits per heavy atom. The molecule has 2 nitrogen and oxygen atoms in total. The molecule has 0 aromatic rings. The minimum absolute atomic E-state index is 0.276. The van der Waals surface area contributed by atoms with E-state index in [1.165, 1.54) is 19.3 Å². The van der Waals surface area contributed by atoms with Crippen molar-refractivity contribution in [2.24, 2.45) is 5.92 Å². The summed E-state index contributed by atoms with van der Waals surface area (Å²) >= 11 is 0. The van der Waals surface area contributed by atoms with Crippen LogP contribution in [0.4, 0.5) is 4.39 Å². The van der Waals surface area contributed by atoms with E-state index >= 15 is 0 Å². The van der Waals surface area contributed by atoms with Crippen LogP contribution in [0.3, 0.4) is 0 Å². The molecule has 1 N–H and O–H groups in total. The lowest BCUT2D eigenvalue weighted by Crippen LogP contribution is -2.57. The van der Waals surface area contributed by atoms with Crippen LogP contribution in [-0.2, 0) is 0 Å². The normalized spacial score (nSPS) is 39.8. The van der Waals surface area contributed by atoms with Gasteiger partial charge in [0, 0.05) is 18.6 Å². The van der Waals surface area contributed by atoms with E-state index in [2.05, 4.69) is 17.1 Å². The quantitative estimate of drug-likeness (QED) is 0.754. The number of nitrogens with zero attached hydrogens (tertiary/aromatic N) is 1. The van der Waals surface area contributed by atoms with E-state index in [0.29, 0.717) is 6.54 Å². The Kier molecular flexibility index (Phi) is 3.31. The summed E-state index contributed by atoms with van der Waals surface area (Å²) in [6.07, 6.45) is 3.03. The molecule has 1 spiro atoms. The maximum Gasteiger partial charge on any atom is 0.110 e. The van der Waals surface area contributed by atoms with Crippen molar-refractivity contribution >= 4 is 0 Å². The number of halogens is 1. The van der Waals surface area contributed by atoms with Crippen LogP contribution < -0.4 is 5.32 Å². The summed E-state index contributed by atoms with van der Waals surface area (Å²) < 4.78 is 13.1. The number of piperidine rings is 1. The van der Waals surface area contributed by atoms with Crippen LogP contribution in [0.2, 0.25) is 0 Å². The third-order valence-corrected chi connectivity index (χ3v) is 3.89. The van der Waals surface area contributed by atoms with Crippen LogP contribution in [0.25, 0.3) is 0 Å². The molecule has 2 rings (SSSR count). The predicted molar refractivity (Wildman–Crippen MR) is 60.8 cm³/mol. The molecular formula is C12H23FN2. The van der Waals surface area contributed by atoms with Gasteiger partial charge in [-0.15, -0.1) is 0 Å². The molecule has 2 aliphatic heterocycles. The molecule has 0 aromatic heterocycles. The Hall–Kier alpha value is -0.150. The smallest absolute Gasteiger partial charge is 0.110 e. The summed E-state index contributed by atoms with van der Waals surface area (Å²) in [4.78, 5) is 2.39. The Morgan fingerprint density at radius 1 is 1.60 bits per heavy atom. The molecule has 2 fully saturated rings. The van der Waals surface area contributed by atoms with Crippen molar-refractivity contribution in [2.75, 3.05) is 26.2 Å². The molecule has 2 aliphatic rings. The second kappa shape index (κ2) is 4.38. The molecule has 0 aliphatic carbocycles. The summed E-state index contributed by atoms with van der Waals surface area (Å²) in [5.41, 5.74) is 0.276. The predicted octanol–water partition coefficient (Wildman–Crippen LogP) is 1.81. The third-order valence-electron chi connectivity index (χ3n) is 3.89. The first-order chi connectivity index (χ1) is 7.12. The molecule has 3 atom stereocenters. The first kappa shape index (κ1) is 11.3. The van der Waals surface area contributed by atoms with E-state index in [-0.39, 0.29) is 5.54 Å². The molecule has 0 bridgehead atoms. The van der Waals surface area contributed by atoms with E-state index in [9.17, 15) is 4.39 Å². The Balaban J connectivity index is 2.04. The van der Waals surface area contributed by atoms with Crippen molar-refractivity contribution in [2.45, 2.75) is 44.8 Å². The van der Waals surface area contributed by atoms with Gasteiger partial charge in [-0.1, -0.05) is 6.92 Å². The molecule has 0 saturated carbocycles. The highest BCUT2D eigenvalue weighted by Crippen LogP contribution is 2.36. The standard InChI is InChI=1S/C12H23FN2/c1-10-6-12(9-14-7-10)4-3-5-15(12)8-11(2)13/h10-11,14H,3-9H2,1-2H3. The van der Waals surface area contributed by atoms with Gasteiger partial charge in [0.25, 0.3) is 0 Å². The number of nitrogens with one attached hydrogen (secondary N) is 1. The van der Waals surface area contributed by atoms with Gasteiger partial charge in [0.15, 0.2) is 0 Å². The van der Waals surface area contributed by atoms with Gasteiger partial charge in [-0.05, 0) is 45.2 Å². The summed E-state index contributed by atoms with van der Waals surface area (Å²) in [7, 11) is 0. The molecule has 0 aromatic carbocycles. The highest BCUT2D eigenvalue weighted by atomic mass is 19.1. The average molecular weight is 214 g/mol. The third kappa shape index (κ3) is 2.34. The van der Waals surface area contributed by atoms with Gasteiger partial charge in [-0.3, -0.25) is 4.90 Å². The van der Waals surface area contributed by atoms with Crippen LogP contribution in [-0.4, -0.2) is 42.8 Å². The van der Waals surface area contributed by atoms with Crippen molar-refractivity contribution in [1.82, 2.24) is 10.2 Å². The molecule has 3 heteroatoms. The molecule has 88 valence electrons. The Labute approximate surface area is 92.2 Å². The number of rotatable bonds is 2. The van der Waals surface area contributed by atoms with Gasteiger partial charge >= 0.3 is 0 Å². The number of hydrogen-bond donors (Lipinski definition) is 1.